The minimum absolute atomic E-state index is 0.250. The second-order valence-electron chi connectivity index (χ2n) is 7.91. The third-order valence-corrected chi connectivity index (χ3v) is 6.25. The Balaban J connectivity index is 1.36. The maximum atomic E-state index is 6.24. The van der Waals surface area contributed by atoms with Gasteiger partial charge in [0.1, 0.15) is 5.82 Å². The van der Waals surface area contributed by atoms with Crippen molar-refractivity contribution in [1.29, 1.82) is 0 Å². The monoisotopic (exact) mass is 422 g/mol. The summed E-state index contributed by atoms with van der Waals surface area (Å²) in [4.78, 5) is 18.4. The summed E-state index contributed by atoms with van der Waals surface area (Å²) in [6, 6.07) is 0. The first-order chi connectivity index (χ1) is 14.1. The smallest absolute Gasteiger partial charge is 0.226 e. The highest BCUT2D eigenvalue weighted by molar-refractivity contribution is 6.28. The van der Waals surface area contributed by atoms with Crippen molar-refractivity contribution < 1.29 is 14.2 Å². The summed E-state index contributed by atoms with van der Waals surface area (Å²) < 4.78 is 19.4. The van der Waals surface area contributed by atoms with Crippen molar-refractivity contribution in [3.8, 4) is 0 Å². The fourth-order valence-corrected chi connectivity index (χ4v) is 4.52. The van der Waals surface area contributed by atoms with Crippen LogP contribution in [0.5, 0.6) is 0 Å². The number of fused-ring (bicyclic) bond motifs is 1. The van der Waals surface area contributed by atoms with Gasteiger partial charge in [-0.1, -0.05) is 0 Å². The topological polar surface area (TPSA) is 77.8 Å². The van der Waals surface area contributed by atoms with Crippen LogP contribution in [0.3, 0.4) is 0 Å². The molecule has 158 valence electrons. The van der Waals surface area contributed by atoms with Gasteiger partial charge in [-0.3, -0.25) is 4.90 Å². The van der Waals surface area contributed by atoms with Crippen LogP contribution in [0.25, 0.3) is 11.2 Å². The molecule has 3 saturated heterocycles. The Morgan fingerprint density at radius 2 is 1.69 bits per heavy atom. The predicted octanol–water partition coefficient (Wildman–Crippen LogP) is 1.58. The summed E-state index contributed by atoms with van der Waals surface area (Å²) in [6.45, 7) is 7.13. The molecule has 10 heteroatoms. The first-order valence-electron chi connectivity index (χ1n) is 10.4. The van der Waals surface area contributed by atoms with Crippen LogP contribution in [0, 0.1) is 0 Å². The third kappa shape index (κ3) is 3.82. The molecule has 0 saturated carbocycles. The average molecular weight is 423 g/mol. The number of nitrogens with zero attached hydrogens (tertiary/aromatic N) is 6. The van der Waals surface area contributed by atoms with Gasteiger partial charge >= 0.3 is 0 Å². The SMILES string of the molecule is Cn1c(CN2CCC3(CC2)OCCCO3)nc2c(N3CCOCC3)nc(Cl)nc21. The number of aryl methyl sites for hydroxylation is 1. The molecule has 0 aliphatic carbocycles. The van der Waals surface area contributed by atoms with Crippen molar-refractivity contribution in [2.24, 2.45) is 7.05 Å². The molecule has 1 spiro atoms. The van der Waals surface area contributed by atoms with Gasteiger partial charge in [0, 0.05) is 46.1 Å². The maximum absolute atomic E-state index is 6.24. The zero-order valence-corrected chi connectivity index (χ0v) is 17.5. The van der Waals surface area contributed by atoms with Crippen molar-refractivity contribution >= 4 is 28.6 Å². The van der Waals surface area contributed by atoms with E-state index in [1.165, 1.54) is 0 Å². The lowest BCUT2D eigenvalue weighted by molar-refractivity contribution is -0.284. The number of piperidine rings is 1. The summed E-state index contributed by atoms with van der Waals surface area (Å²) in [5.41, 5.74) is 1.58. The van der Waals surface area contributed by atoms with E-state index in [0.29, 0.717) is 13.2 Å². The lowest BCUT2D eigenvalue weighted by atomic mass is 10.0. The van der Waals surface area contributed by atoms with Crippen molar-refractivity contribution in [2.75, 3.05) is 57.5 Å². The van der Waals surface area contributed by atoms with Crippen molar-refractivity contribution in [3.63, 3.8) is 0 Å². The fraction of sp³-hybridized carbons (Fsp3) is 0.737. The van der Waals surface area contributed by atoms with E-state index in [4.69, 9.17) is 30.8 Å². The molecule has 5 heterocycles. The quantitative estimate of drug-likeness (QED) is 0.690. The molecule has 0 aromatic carbocycles. The Bertz CT molecular complexity index is 868. The number of anilines is 1. The summed E-state index contributed by atoms with van der Waals surface area (Å²) in [5.74, 6) is 1.39. The molecule has 9 nitrogen and oxygen atoms in total. The second-order valence-corrected chi connectivity index (χ2v) is 8.25. The standard InChI is InChI=1S/C19H27ClN6O3/c1-24-14(13-25-5-3-19(4-6-25)28-9-2-10-29-19)21-15-16(24)22-18(20)23-17(15)26-7-11-27-12-8-26/h2-13H2,1H3. The zero-order chi connectivity index (χ0) is 19.8. The maximum Gasteiger partial charge on any atom is 0.226 e. The number of aromatic nitrogens is 4. The van der Waals surface area contributed by atoms with E-state index in [1.54, 1.807) is 0 Å². The lowest BCUT2D eigenvalue weighted by Crippen LogP contribution is -2.49. The number of hydrogen-bond donors (Lipinski definition) is 0. The van der Waals surface area contributed by atoms with Crippen LogP contribution in [0.15, 0.2) is 0 Å². The van der Waals surface area contributed by atoms with Gasteiger partial charge < -0.3 is 23.7 Å². The molecule has 0 atom stereocenters. The van der Waals surface area contributed by atoms with Crippen LogP contribution in [-0.4, -0.2) is 82.8 Å². The summed E-state index contributed by atoms with van der Waals surface area (Å²) in [5, 5.41) is 0.250. The molecule has 3 aliphatic heterocycles. The molecule has 3 aliphatic rings. The highest BCUT2D eigenvalue weighted by atomic mass is 35.5. The highest BCUT2D eigenvalue weighted by Crippen LogP contribution is 2.32. The van der Waals surface area contributed by atoms with Gasteiger partial charge in [0.15, 0.2) is 22.8 Å². The number of imidazole rings is 1. The Hall–Kier alpha value is -1.52. The van der Waals surface area contributed by atoms with E-state index in [1.807, 2.05) is 11.6 Å². The minimum atomic E-state index is -0.371. The summed E-state index contributed by atoms with van der Waals surface area (Å²) in [7, 11) is 2.00. The highest BCUT2D eigenvalue weighted by Gasteiger charge is 2.38. The van der Waals surface area contributed by atoms with Crippen molar-refractivity contribution in [1.82, 2.24) is 24.4 Å². The molecule has 0 bridgehead atoms. The molecule has 0 N–H and O–H groups in total. The molecule has 5 rings (SSSR count). The summed E-state index contributed by atoms with van der Waals surface area (Å²) >= 11 is 6.24. The molecular formula is C19H27ClN6O3. The van der Waals surface area contributed by atoms with Crippen LogP contribution in [-0.2, 0) is 27.8 Å². The van der Waals surface area contributed by atoms with E-state index in [9.17, 15) is 0 Å². The van der Waals surface area contributed by atoms with E-state index in [-0.39, 0.29) is 11.1 Å². The first kappa shape index (κ1) is 19.4. The average Bonchev–Trinajstić information content (AvgIpc) is 3.06. The predicted molar refractivity (Wildman–Crippen MR) is 108 cm³/mol. The third-order valence-electron chi connectivity index (χ3n) is 6.08. The van der Waals surface area contributed by atoms with Crippen LogP contribution in [0.4, 0.5) is 5.82 Å². The molecular weight excluding hydrogens is 396 g/mol. The number of ether oxygens (including phenoxy) is 3. The Kier molecular flexibility index (Phi) is 5.34. The molecule has 0 amide bonds. The molecule has 29 heavy (non-hydrogen) atoms. The number of likely N-dealkylation sites (tertiary alicyclic amines) is 1. The number of hydrogen-bond acceptors (Lipinski definition) is 8. The Morgan fingerprint density at radius 3 is 2.41 bits per heavy atom. The summed E-state index contributed by atoms with van der Waals surface area (Å²) in [6.07, 6.45) is 2.77. The molecule has 0 radical (unpaired) electrons. The minimum Gasteiger partial charge on any atom is -0.378 e. The van der Waals surface area contributed by atoms with Crippen LogP contribution in [0.2, 0.25) is 5.28 Å². The van der Waals surface area contributed by atoms with Gasteiger partial charge in [0.2, 0.25) is 5.28 Å². The van der Waals surface area contributed by atoms with Gasteiger partial charge in [-0.05, 0) is 18.0 Å². The van der Waals surface area contributed by atoms with E-state index in [0.717, 1.165) is 88.0 Å². The van der Waals surface area contributed by atoms with E-state index >= 15 is 0 Å². The second kappa shape index (κ2) is 7.96. The first-order valence-corrected chi connectivity index (χ1v) is 10.7. The molecule has 2 aromatic heterocycles. The van der Waals surface area contributed by atoms with Gasteiger partial charge in [-0.25, -0.2) is 4.98 Å². The van der Waals surface area contributed by atoms with Gasteiger partial charge in [0.25, 0.3) is 0 Å². The van der Waals surface area contributed by atoms with Gasteiger partial charge in [-0.15, -0.1) is 0 Å². The molecule has 2 aromatic rings. The van der Waals surface area contributed by atoms with Crippen molar-refractivity contribution in [3.05, 3.63) is 11.1 Å². The van der Waals surface area contributed by atoms with Crippen molar-refractivity contribution in [2.45, 2.75) is 31.6 Å². The number of morpholine rings is 1. The molecule has 3 fully saturated rings. The molecule has 0 unspecified atom stereocenters. The van der Waals surface area contributed by atoms with Crippen LogP contribution >= 0.6 is 11.6 Å². The van der Waals surface area contributed by atoms with E-state index in [2.05, 4.69) is 19.8 Å². The fourth-order valence-electron chi connectivity index (χ4n) is 4.36. The largest absolute Gasteiger partial charge is 0.378 e. The Labute approximate surface area is 174 Å². The Morgan fingerprint density at radius 1 is 0.966 bits per heavy atom. The zero-order valence-electron chi connectivity index (χ0n) is 16.8. The number of halogens is 1. The normalized spacial score (nSPS) is 23.2. The lowest BCUT2D eigenvalue weighted by Gasteiger charge is -2.43. The van der Waals surface area contributed by atoms with Gasteiger partial charge in [-0.2, -0.15) is 9.97 Å². The number of rotatable bonds is 3. The van der Waals surface area contributed by atoms with E-state index < -0.39 is 0 Å². The van der Waals surface area contributed by atoms with Crippen LogP contribution in [0.1, 0.15) is 25.1 Å². The van der Waals surface area contributed by atoms with Gasteiger partial charge in [0.05, 0.1) is 33.0 Å². The van der Waals surface area contributed by atoms with Crippen LogP contribution < -0.4 is 4.90 Å².